The van der Waals surface area contributed by atoms with Crippen LogP contribution < -0.4 is 10.1 Å². The summed E-state index contributed by atoms with van der Waals surface area (Å²) in [5, 5.41) is 15.1. The second-order valence-corrected chi connectivity index (χ2v) is 11.3. The molecule has 0 aliphatic heterocycles. The van der Waals surface area contributed by atoms with Crippen molar-refractivity contribution in [2.45, 2.75) is 24.7 Å². The maximum Gasteiger partial charge on any atom is 0.236 e. The van der Waals surface area contributed by atoms with Crippen molar-refractivity contribution in [3.63, 3.8) is 0 Å². The Bertz CT molecular complexity index is 1560. The Morgan fingerprint density at radius 2 is 1.92 bits per heavy atom. The predicted molar refractivity (Wildman–Crippen MR) is 157 cm³/mol. The lowest BCUT2D eigenvalue weighted by atomic mass is 10.0. The average Bonchev–Trinajstić information content (AvgIpc) is 3.54. The van der Waals surface area contributed by atoms with Gasteiger partial charge in [0.2, 0.25) is 5.91 Å². The van der Waals surface area contributed by atoms with Gasteiger partial charge < -0.3 is 10.1 Å². The molecule has 38 heavy (non-hydrogen) atoms. The fourth-order valence-corrected chi connectivity index (χ4v) is 5.77. The predicted octanol–water partition coefficient (Wildman–Crippen LogP) is 6.74. The molecule has 7 nitrogen and oxygen atoms in total. The molecule has 2 aromatic heterocycles. The highest BCUT2D eigenvalue weighted by Crippen LogP contribution is 2.26. The molecule has 5 aromatic rings. The van der Waals surface area contributed by atoms with Crippen LogP contribution in [0.1, 0.15) is 16.3 Å². The Balaban J connectivity index is 1.17. The van der Waals surface area contributed by atoms with Crippen molar-refractivity contribution >= 4 is 60.8 Å². The molecule has 0 spiro atoms. The highest BCUT2D eigenvalue weighted by Gasteiger charge is 2.15. The standard InChI is InChI=1S/C28H24BrN5O2S2/c1-2-14-34-25(17-36-22-12-10-21(29)11-13-22)32-33-28(34)37-18-26(35)31-27-30-16-23(38-27)15-20-8-5-7-19-6-3-4-9-24(19)20/h2-13,16H,1,14-15,17-18H2,(H,30,31,35). The van der Waals surface area contributed by atoms with Gasteiger partial charge in [0.25, 0.3) is 0 Å². The van der Waals surface area contributed by atoms with Crippen LogP contribution >= 0.6 is 39.0 Å². The van der Waals surface area contributed by atoms with E-state index < -0.39 is 0 Å². The Kier molecular flexibility index (Phi) is 8.52. The molecular weight excluding hydrogens is 582 g/mol. The van der Waals surface area contributed by atoms with E-state index in [4.69, 9.17) is 4.74 Å². The van der Waals surface area contributed by atoms with Crippen molar-refractivity contribution in [1.29, 1.82) is 0 Å². The van der Waals surface area contributed by atoms with Gasteiger partial charge in [0.05, 0.1) is 5.75 Å². The quantitative estimate of drug-likeness (QED) is 0.133. The van der Waals surface area contributed by atoms with Gasteiger partial charge in [0.1, 0.15) is 12.4 Å². The zero-order valence-electron chi connectivity index (χ0n) is 20.3. The number of hydrogen-bond acceptors (Lipinski definition) is 7. The monoisotopic (exact) mass is 605 g/mol. The van der Waals surface area contributed by atoms with Gasteiger partial charge in [0, 0.05) is 28.5 Å². The molecule has 1 N–H and O–H groups in total. The Morgan fingerprint density at radius 1 is 1.11 bits per heavy atom. The fraction of sp³-hybridized carbons (Fsp3) is 0.143. The number of thioether (sulfide) groups is 1. The molecule has 0 radical (unpaired) electrons. The number of ether oxygens (including phenoxy) is 1. The first kappa shape index (κ1) is 26.1. The van der Waals surface area contributed by atoms with E-state index in [1.807, 2.05) is 41.1 Å². The summed E-state index contributed by atoms with van der Waals surface area (Å²) in [6, 6.07) is 22.3. The summed E-state index contributed by atoms with van der Waals surface area (Å²) in [6.07, 6.45) is 4.36. The van der Waals surface area contributed by atoms with Crippen molar-refractivity contribution in [1.82, 2.24) is 19.7 Å². The molecule has 2 heterocycles. The molecule has 0 aliphatic rings. The van der Waals surface area contributed by atoms with Gasteiger partial charge >= 0.3 is 0 Å². The number of carbonyl (C=O) groups excluding carboxylic acids is 1. The normalized spacial score (nSPS) is 11.0. The zero-order valence-corrected chi connectivity index (χ0v) is 23.6. The minimum atomic E-state index is -0.151. The molecule has 3 aromatic carbocycles. The van der Waals surface area contributed by atoms with E-state index in [9.17, 15) is 4.79 Å². The van der Waals surface area contributed by atoms with Gasteiger partial charge in [-0.15, -0.1) is 28.1 Å². The maximum absolute atomic E-state index is 12.7. The second kappa shape index (κ2) is 12.4. The van der Waals surface area contributed by atoms with Crippen LogP contribution in [0.15, 0.2) is 95.2 Å². The summed E-state index contributed by atoms with van der Waals surface area (Å²) in [5.74, 6) is 1.43. The number of nitrogens with one attached hydrogen (secondary N) is 1. The first-order valence-corrected chi connectivity index (χ1v) is 14.4. The van der Waals surface area contributed by atoms with Crippen molar-refractivity contribution in [2.75, 3.05) is 11.1 Å². The summed E-state index contributed by atoms with van der Waals surface area (Å²) in [4.78, 5) is 18.2. The molecule has 1 amide bonds. The van der Waals surface area contributed by atoms with Crippen molar-refractivity contribution < 1.29 is 9.53 Å². The number of carbonyl (C=O) groups is 1. The Hall–Kier alpha value is -3.47. The smallest absolute Gasteiger partial charge is 0.236 e. The van der Waals surface area contributed by atoms with Crippen LogP contribution in [-0.2, 0) is 24.4 Å². The number of rotatable bonds is 11. The number of anilines is 1. The number of aromatic nitrogens is 4. The van der Waals surface area contributed by atoms with Crippen molar-refractivity contribution in [3.05, 3.63) is 106 Å². The van der Waals surface area contributed by atoms with Crippen LogP contribution in [0.25, 0.3) is 10.8 Å². The molecule has 10 heteroatoms. The van der Waals surface area contributed by atoms with Gasteiger partial charge in [-0.25, -0.2) is 4.98 Å². The highest BCUT2D eigenvalue weighted by atomic mass is 79.9. The summed E-state index contributed by atoms with van der Waals surface area (Å²) in [7, 11) is 0. The van der Waals surface area contributed by atoms with E-state index in [2.05, 4.69) is 79.4 Å². The molecular formula is C28H24BrN5O2S2. The molecule has 0 bridgehead atoms. The number of benzene rings is 3. The fourth-order valence-electron chi connectivity index (χ4n) is 3.89. The van der Waals surface area contributed by atoms with E-state index in [1.54, 1.807) is 6.08 Å². The summed E-state index contributed by atoms with van der Waals surface area (Å²) in [5.41, 5.74) is 1.24. The number of amides is 1. The van der Waals surface area contributed by atoms with Crippen molar-refractivity contribution in [2.24, 2.45) is 0 Å². The Morgan fingerprint density at radius 3 is 2.76 bits per heavy atom. The van der Waals surface area contributed by atoms with Gasteiger partial charge in [-0.05, 0) is 40.6 Å². The summed E-state index contributed by atoms with van der Waals surface area (Å²) < 4.78 is 8.73. The van der Waals surface area contributed by atoms with Gasteiger partial charge in [0.15, 0.2) is 16.1 Å². The third kappa shape index (κ3) is 6.50. The second-order valence-electron chi connectivity index (χ2n) is 8.32. The van der Waals surface area contributed by atoms with Gasteiger partial charge in [-0.2, -0.15) is 0 Å². The SMILES string of the molecule is C=CCn1c(COc2ccc(Br)cc2)nnc1SCC(=O)Nc1ncc(Cc2cccc3ccccc23)s1. The van der Waals surface area contributed by atoms with Crippen LogP contribution in [0, 0.1) is 0 Å². The minimum absolute atomic E-state index is 0.151. The molecule has 0 aliphatic carbocycles. The van der Waals surface area contributed by atoms with Crippen LogP contribution in [0.3, 0.4) is 0 Å². The highest BCUT2D eigenvalue weighted by molar-refractivity contribution is 9.10. The summed E-state index contributed by atoms with van der Waals surface area (Å²) >= 11 is 6.22. The lowest BCUT2D eigenvalue weighted by Gasteiger charge is -2.09. The van der Waals surface area contributed by atoms with Crippen LogP contribution in [0.2, 0.25) is 0 Å². The number of nitrogens with zero attached hydrogens (tertiary/aromatic N) is 4. The number of thiazole rings is 1. The molecule has 0 saturated heterocycles. The van der Waals surface area contributed by atoms with Crippen LogP contribution in [-0.4, -0.2) is 31.4 Å². The number of halogens is 1. The minimum Gasteiger partial charge on any atom is -0.486 e. The van der Waals surface area contributed by atoms with E-state index >= 15 is 0 Å². The third-order valence-corrected chi connectivity index (χ3v) is 8.07. The molecule has 192 valence electrons. The van der Waals surface area contributed by atoms with Gasteiger partial charge in [-0.3, -0.25) is 9.36 Å². The van der Waals surface area contributed by atoms with Crippen molar-refractivity contribution in [3.8, 4) is 5.75 Å². The number of fused-ring (bicyclic) bond motifs is 1. The lowest BCUT2D eigenvalue weighted by Crippen LogP contribution is -2.14. The van der Waals surface area contributed by atoms with E-state index in [-0.39, 0.29) is 18.3 Å². The first-order valence-electron chi connectivity index (χ1n) is 11.8. The number of allylic oxidation sites excluding steroid dienone is 1. The summed E-state index contributed by atoms with van der Waals surface area (Å²) in [6.45, 7) is 4.60. The molecule has 0 atom stereocenters. The van der Waals surface area contributed by atoms with E-state index in [0.29, 0.717) is 22.7 Å². The number of hydrogen-bond donors (Lipinski definition) is 1. The largest absolute Gasteiger partial charge is 0.486 e. The van der Waals surface area contributed by atoms with Crippen LogP contribution in [0.4, 0.5) is 5.13 Å². The Labute approximate surface area is 237 Å². The topological polar surface area (TPSA) is 81.9 Å². The van der Waals surface area contributed by atoms with E-state index in [1.165, 1.54) is 39.4 Å². The molecule has 5 rings (SSSR count). The zero-order chi connectivity index (χ0) is 26.3. The molecule has 0 saturated carbocycles. The third-order valence-electron chi connectivity index (χ3n) is 5.66. The molecule has 0 unspecified atom stereocenters. The van der Waals surface area contributed by atoms with Crippen LogP contribution in [0.5, 0.6) is 5.75 Å². The van der Waals surface area contributed by atoms with E-state index in [0.717, 1.165) is 21.5 Å². The maximum atomic E-state index is 12.7. The average molecular weight is 607 g/mol. The molecule has 0 fully saturated rings. The first-order chi connectivity index (χ1) is 18.6. The lowest BCUT2D eigenvalue weighted by molar-refractivity contribution is -0.113. The van der Waals surface area contributed by atoms with Gasteiger partial charge in [-0.1, -0.05) is 76.2 Å².